The number of rotatable bonds is 3. The third-order valence-corrected chi connectivity index (χ3v) is 4.72. The smallest absolute Gasteiger partial charge is 0.152 e. The third kappa shape index (κ3) is 2.31. The molecular formula is C17H21N5. The summed E-state index contributed by atoms with van der Waals surface area (Å²) in [4.78, 5) is 8.96. The lowest BCUT2D eigenvalue weighted by atomic mass is 9.95. The number of piperidine rings is 1. The van der Waals surface area contributed by atoms with Crippen LogP contribution in [0.25, 0.3) is 21.9 Å². The van der Waals surface area contributed by atoms with Gasteiger partial charge in [0.2, 0.25) is 0 Å². The number of imidazole rings is 1. The number of nitrogens with two attached hydrogens (primary N) is 1. The molecule has 3 heterocycles. The summed E-state index contributed by atoms with van der Waals surface area (Å²) >= 11 is 0. The number of fused-ring (bicyclic) bond motifs is 3. The number of hydrogen-bond acceptors (Lipinski definition) is 4. The second kappa shape index (κ2) is 5.57. The molecule has 5 nitrogen and oxygen atoms in total. The average molecular weight is 295 g/mol. The number of anilines is 1. The van der Waals surface area contributed by atoms with Crippen molar-refractivity contribution in [2.75, 3.05) is 18.8 Å². The quantitative estimate of drug-likeness (QED) is 0.779. The van der Waals surface area contributed by atoms with E-state index in [9.17, 15) is 0 Å². The first kappa shape index (κ1) is 13.5. The molecule has 5 heteroatoms. The van der Waals surface area contributed by atoms with Crippen molar-refractivity contribution in [2.45, 2.75) is 25.8 Å². The van der Waals surface area contributed by atoms with Gasteiger partial charge in [0.05, 0.1) is 17.4 Å². The Hall–Kier alpha value is -2.14. The molecule has 114 valence electrons. The first-order valence-corrected chi connectivity index (χ1v) is 8.02. The Labute approximate surface area is 129 Å². The van der Waals surface area contributed by atoms with Crippen molar-refractivity contribution in [1.29, 1.82) is 0 Å². The van der Waals surface area contributed by atoms with Gasteiger partial charge in [0.1, 0.15) is 5.52 Å². The van der Waals surface area contributed by atoms with E-state index >= 15 is 0 Å². The average Bonchev–Trinajstić information content (AvgIpc) is 2.99. The summed E-state index contributed by atoms with van der Waals surface area (Å²) < 4.78 is 2.25. The Morgan fingerprint density at radius 2 is 2.05 bits per heavy atom. The van der Waals surface area contributed by atoms with Gasteiger partial charge in [0.15, 0.2) is 5.82 Å². The number of nitrogens with zero attached hydrogens (tertiary/aromatic N) is 3. The summed E-state index contributed by atoms with van der Waals surface area (Å²) in [5, 5.41) is 4.56. The minimum absolute atomic E-state index is 0.523. The lowest BCUT2D eigenvalue weighted by Gasteiger charge is -2.22. The van der Waals surface area contributed by atoms with Crippen LogP contribution in [0.5, 0.6) is 0 Å². The predicted octanol–water partition coefficient (Wildman–Crippen LogP) is 2.56. The molecule has 0 bridgehead atoms. The van der Waals surface area contributed by atoms with Gasteiger partial charge in [-0.3, -0.25) is 0 Å². The summed E-state index contributed by atoms with van der Waals surface area (Å²) in [5.41, 5.74) is 8.97. The number of aryl methyl sites for hydroxylation is 1. The van der Waals surface area contributed by atoms with E-state index < -0.39 is 0 Å². The number of hydrogen-bond donors (Lipinski definition) is 2. The van der Waals surface area contributed by atoms with Crippen molar-refractivity contribution in [3.8, 4) is 0 Å². The molecule has 0 unspecified atom stereocenters. The predicted molar refractivity (Wildman–Crippen MR) is 89.7 cm³/mol. The van der Waals surface area contributed by atoms with E-state index in [0.717, 1.165) is 47.5 Å². The van der Waals surface area contributed by atoms with Crippen molar-refractivity contribution in [1.82, 2.24) is 19.9 Å². The normalized spacial score (nSPS) is 16.5. The molecule has 0 radical (unpaired) electrons. The zero-order valence-electron chi connectivity index (χ0n) is 12.6. The molecule has 1 aliphatic rings. The van der Waals surface area contributed by atoms with Gasteiger partial charge in [0.25, 0.3) is 0 Å². The summed E-state index contributed by atoms with van der Waals surface area (Å²) in [7, 11) is 0. The van der Waals surface area contributed by atoms with E-state index in [1.54, 1.807) is 0 Å². The molecule has 2 aromatic heterocycles. The van der Waals surface area contributed by atoms with Crippen molar-refractivity contribution < 1.29 is 0 Å². The minimum atomic E-state index is 0.523. The van der Waals surface area contributed by atoms with E-state index in [-0.39, 0.29) is 0 Å². The van der Waals surface area contributed by atoms with Crippen LogP contribution in [0, 0.1) is 5.92 Å². The van der Waals surface area contributed by atoms with Crippen LogP contribution >= 0.6 is 0 Å². The van der Waals surface area contributed by atoms with Gasteiger partial charge < -0.3 is 15.6 Å². The van der Waals surface area contributed by atoms with Gasteiger partial charge in [0, 0.05) is 11.9 Å². The monoisotopic (exact) mass is 295 g/mol. The first-order valence-electron chi connectivity index (χ1n) is 8.02. The highest BCUT2D eigenvalue weighted by atomic mass is 15.1. The second-order valence-corrected chi connectivity index (χ2v) is 6.13. The minimum Gasteiger partial charge on any atom is -0.382 e. The summed E-state index contributed by atoms with van der Waals surface area (Å²) in [6.45, 7) is 3.29. The molecule has 3 aromatic rings. The van der Waals surface area contributed by atoms with Crippen LogP contribution in [0.15, 0.2) is 30.6 Å². The number of para-hydroxylation sites is 1. The Morgan fingerprint density at radius 1 is 1.23 bits per heavy atom. The van der Waals surface area contributed by atoms with Crippen LogP contribution in [-0.4, -0.2) is 27.6 Å². The molecule has 4 rings (SSSR count). The van der Waals surface area contributed by atoms with Crippen molar-refractivity contribution in [3.63, 3.8) is 0 Å². The second-order valence-electron chi connectivity index (χ2n) is 6.13. The largest absolute Gasteiger partial charge is 0.382 e. The van der Waals surface area contributed by atoms with Gasteiger partial charge in [-0.1, -0.05) is 18.2 Å². The molecule has 3 N–H and O–H groups in total. The molecule has 0 saturated carbocycles. The molecule has 1 aliphatic heterocycles. The zero-order chi connectivity index (χ0) is 14.9. The molecule has 22 heavy (non-hydrogen) atoms. The maximum Gasteiger partial charge on any atom is 0.152 e. The SMILES string of the molecule is Nc1nc2ccccc2c2c1ncn2CCC1CCNCC1. The van der Waals surface area contributed by atoms with E-state index in [0.29, 0.717) is 5.82 Å². The maximum absolute atomic E-state index is 6.08. The van der Waals surface area contributed by atoms with Gasteiger partial charge in [-0.15, -0.1) is 0 Å². The van der Waals surface area contributed by atoms with Gasteiger partial charge in [-0.05, 0) is 44.3 Å². The fraction of sp³-hybridized carbons (Fsp3) is 0.412. The lowest BCUT2D eigenvalue weighted by Crippen LogP contribution is -2.28. The van der Waals surface area contributed by atoms with Crippen LogP contribution < -0.4 is 11.1 Å². The van der Waals surface area contributed by atoms with Crippen LogP contribution in [0.1, 0.15) is 19.3 Å². The molecule has 1 aromatic carbocycles. The number of pyridine rings is 1. The van der Waals surface area contributed by atoms with Gasteiger partial charge in [-0.2, -0.15) is 0 Å². The molecule has 0 atom stereocenters. The van der Waals surface area contributed by atoms with Crippen LogP contribution in [0.2, 0.25) is 0 Å². The summed E-state index contributed by atoms with van der Waals surface area (Å²) in [6.07, 6.45) is 5.66. The fourth-order valence-electron chi connectivity index (χ4n) is 3.47. The summed E-state index contributed by atoms with van der Waals surface area (Å²) in [6, 6.07) is 8.15. The molecule has 0 spiro atoms. The lowest BCUT2D eigenvalue weighted by molar-refractivity contribution is 0.339. The van der Waals surface area contributed by atoms with Gasteiger partial charge in [-0.25, -0.2) is 9.97 Å². The van der Waals surface area contributed by atoms with Crippen molar-refractivity contribution >= 4 is 27.8 Å². The van der Waals surface area contributed by atoms with Gasteiger partial charge >= 0.3 is 0 Å². The molecule has 1 fully saturated rings. The number of nitrogen functional groups attached to an aromatic ring is 1. The Bertz CT molecular complexity index is 801. The van der Waals surface area contributed by atoms with E-state index in [4.69, 9.17) is 5.73 Å². The fourth-order valence-corrected chi connectivity index (χ4v) is 3.47. The third-order valence-electron chi connectivity index (χ3n) is 4.72. The Morgan fingerprint density at radius 3 is 2.91 bits per heavy atom. The van der Waals surface area contributed by atoms with Crippen LogP contribution in [0.3, 0.4) is 0 Å². The topological polar surface area (TPSA) is 68.8 Å². The number of nitrogens with one attached hydrogen (secondary N) is 1. The molecule has 0 aliphatic carbocycles. The molecule has 1 saturated heterocycles. The first-order chi connectivity index (χ1) is 10.8. The van der Waals surface area contributed by atoms with E-state index in [2.05, 4.69) is 25.9 Å². The van der Waals surface area contributed by atoms with E-state index in [1.165, 1.54) is 19.3 Å². The van der Waals surface area contributed by atoms with Crippen molar-refractivity contribution in [3.05, 3.63) is 30.6 Å². The highest BCUT2D eigenvalue weighted by Gasteiger charge is 2.15. The number of benzene rings is 1. The molecular weight excluding hydrogens is 274 g/mol. The Balaban J connectivity index is 1.71. The summed E-state index contributed by atoms with van der Waals surface area (Å²) in [5.74, 6) is 1.33. The Kier molecular flexibility index (Phi) is 3.42. The van der Waals surface area contributed by atoms with E-state index in [1.807, 2.05) is 24.5 Å². The zero-order valence-corrected chi connectivity index (χ0v) is 12.6. The maximum atomic E-state index is 6.08. The van der Waals surface area contributed by atoms with Crippen LogP contribution in [0.4, 0.5) is 5.82 Å². The highest BCUT2D eigenvalue weighted by Crippen LogP contribution is 2.28. The standard InChI is InChI=1S/C17H21N5/c18-17-15-16(13-3-1-2-4-14(13)21-17)22(11-20-15)10-7-12-5-8-19-9-6-12/h1-4,11-12,19H,5-10H2,(H2,18,21). The van der Waals surface area contributed by atoms with Crippen molar-refractivity contribution in [2.24, 2.45) is 5.92 Å². The highest BCUT2D eigenvalue weighted by molar-refractivity contribution is 6.06. The number of aromatic nitrogens is 3. The van der Waals surface area contributed by atoms with Crippen LogP contribution in [-0.2, 0) is 6.54 Å². The molecule has 0 amide bonds.